The number of nitrogen functional groups attached to an aromatic ring is 2. The van der Waals surface area contributed by atoms with Crippen LogP contribution in [0.5, 0.6) is 0 Å². The maximum atomic E-state index is 14.0. The summed E-state index contributed by atoms with van der Waals surface area (Å²) in [5, 5.41) is 2.34. The number of amides is 1. The fraction of sp³-hybridized carbons (Fsp3) is 0.222. The molecule has 3 rings (SSSR count). The standard InChI is InChI=1S/C18H17F2N5O2/c1-23-15(16(26)8-2-3-8)10-6-9(7-24-17(10)22)25-18(27)13-11(19)4-5-12(21)14(13)20/h4-8H,2-3,21H2,1H3,(H2,22,24)(H,25,27). The van der Waals surface area contributed by atoms with Crippen molar-refractivity contribution in [1.29, 1.82) is 0 Å². The Labute approximate surface area is 153 Å². The van der Waals surface area contributed by atoms with Crippen LogP contribution in [0.2, 0.25) is 0 Å². The molecule has 5 N–H and O–H groups in total. The SMILES string of the molecule is CN=C(C(=O)C1CC1)c1cc(NC(=O)c2c(F)ccc(N)c2F)cnc1N. The number of halogens is 2. The Balaban J connectivity index is 1.92. The molecule has 1 aliphatic carbocycles. The van der Waals surface area contributed by atoms with E-state index in [1.165, 1.54) is 19.3 Å². The monoisotopic (exact) mass is 373 g/mol. The third-order valence-corrected chi connectivity index (χ3v) is 4.18. The van der Waals surface area contributed by atoms with Crippen molar-refractivity contribution in [3.05, 3.63) is 47.2 Å². The van der Waals surface area contributed by atoms with Gasteiger partial charge in [0.1, 0.15) is 22.9 Å². The summed E-state index contributed by atoms with van der Waals surface area (Å²) in [4.78, 5) is 32.6. The molecule has 0 saturated heterocycles. The molecule has 27 heavy (non-hydrogen) atoms. The Bertz CT molecular complexity index is 970. The van der Waals surface area contributed by atoms with Crippen LogP contribution in [0, 0.1) is 17.6 Å². The second-order valence-electron chi connectivity index (χ2n) is 6.15. The molecule has 0 bridgehead atoms. The molecule has 1 aliphatic rings. The molecule has 0 radical (unpaired) electrons. The number of ketones is 1. The molecule has 7 nitrogen and oxygen atoms in total. The third kappa shape index (κ3) is 3.62. The zero-order valence-corrected chi connectivity index (χ0v) is 14.4. The highest BCUT2D eigenvalue weighted by Crippen LogP contribution is 2.32. The number of rotatable bonds is 5. The van der Waals surface area contributed by atoms with Crippen molar-refractivity contribution in [3.63, 3.8) is 0 Å². The van der Waals surface area contributed by atoms with E-state index in [1.54, 1.807) is 0 Å². The van der Waals surface area contributed by atoms with Crippen LogP contribution in [-0.2, 0) is 4.79 Å². The first-order valence-corrected chi connectivity index (χ1v) is 8.15. The predicted molar refractivity (Wildman–Crippen MR) is 97.6 cm³/mol. The number of carbonyl (C=O) groups is 2. The maximum Gasteiger partial charge on any atom is 0.261 e. The molecule has 0 atom stereocenters. The van der Waals surface area contributed by atoms with E-state index >= 15 is 0 Å². The van der Waals surface area contributed by atoms with Crippen LogP contribution in [0.1, 0.15) is 28.8 Å². The number of aromatic nitrogens is 1. The van der Waals surface area contributed by atoms with Crippen molar-refractivity contribution in [2.24, 2.45) is 10.9 Å². The van der Waals surface area contributed by atoms with E-state index in [0.29, 0.717) is 0 Å². The van der Waals surface area contributed by atoms with Crippen LogP contribution < -0.4 is 16.8 Å². The summed E-state index contributed by atoms with van der Waals surface area (Å²) in [5.41, 5.74) is 10.6. The number of nitrogens with two attached hydrogens (primary N) is 2. The maximum absolute atomic E-state index is 14.0. The summed E-state index contributed by atoms with van der Waals surface area (Å²) in [5.74, 6) is -3.43. The first-order chi connectivity index (χ1) is 12.8. The number of aliphatic imine (C=N–C) groups is 1. The van der Waals surface area contributed by atoms with Gasteiger partial charge < -0.3 is 16.8 Å². The molecule has 1 heterocycles. The van der Waals surface area contributed by atoms with E-state index in [1.807, 2.05) is 0 Å². The molecule has 9 heteroatoms. The minimum absolute atomic E-state index is 0.0592. The van der Waals surface area contributed by atoms with E-state index in [-0.39, 0.29) is 40.2 Å². The Morgan fingerprint density at radius 3 is 2.59 bits per heavy atom. The van der Waals surface area contributed by atoms with Crippen molar-refractivity contribution < 1.29 is 18.4 Å². The summed E-state index contributed by atoms with van der Waals surface area (Å²) in [6.45, 7) is 0. The Hall–Kier alpha value is -3.36. The number of nitrogens with one attached hydrogen (secondary N) is 1. The molecule has 1 fully saturated rings. The molecule has 140 valence electrons. The van der Waals surface area contributed by atoms with Gasteiger partial charge in [-0.05, 0) is 31.0 Å². The normalized spacial score (nSPS) is 14.1. The van der Waals surface area contributed by atoms with Gasteiger partial charge in [0.15, 0.2) is 11.6 Å². The van der Waals surface area contributed by atoms with Crippen LogP contribution in [0.3, 0.4) is 0 Å². The zero-order valence-electron chi connectivity index (χ0n) is 14.4. The third-order valence-electron chi connectivity index (χ3n) is 4.18. The average Bonchev–Trinajstić information content (AvgIpc) is 3.47. The van der Waals surface area contributed by atoms with Crippen LogP contribution >= 0.6 is 0 Å². The number of carbonyl (C=O) groups excluding carboxylic acids is 2. The number of benzene rings is 1. The number of anilines is 3. The molecular formula is C18H17F2N5O2. The summed E-state index contributed by atoms with van der Waals surface area (Å²) in [6, 6.07) is 3.32. The number of hydrogen-bond donors (Lipinski definition) is 3. The van der Waals surface area contributed by atoms with Gasteiger partial charge >= 0.3 is 0 Å². The second kappa shape index (κ2) is 7.10. The molecule has 1 amide bonds. The van der Waals surface area contributed by atoms with Gasteiger partial charge in [0.05, 0.1) is 17.6 Å². The molecule has 2 aromatic rings. The molecule has 0 spiro atoms. The van der Waals surface area contributed by atoms with Gasteiger partial charge in [-0.3, -0.25) is 14.6 Å². The quantitative estimate of drug-likeness (QED) is 0.547. The predicted octanol–water partition coefficient (Wildman–Crippen LogP) is 2.17. The highest BCUT2D eigenvalue weighted by Gasteiger charge is 2.34. The van der Waals surface area contributed by atoms with Crippen molar-refractivity contribution >= 4 is 34.6 Å². The Kier molecular flexibility index (Phi) is 4.85. The lowest BCUT2D eigenvalue weighted by Crippen LogP contribution is -2.21. The average molecular weight is 373 g/mol. The van der Waals surface area contributed by atoms with Crippen molar-refractivity contribution in [2.45, 2.75) is 12.8 Å². The van der Waals surface area contributed by atoms with Crippen molar-refractivity contribution in [2.75, 3.05) is 23.8 Å². The number of hydrogen-bond acceptors (Lipinski definition) is 6. The van der Waals surface area contributed by atoms with Gasteiger partial charge in [0.2, 0.25) is 0 Å². The summed E-state index contributed by atoms with van der Waals surface area (Å²) < 4.78 is 27.9. The van der Waals surface area contributed by atoms with Gasteiger partial charge in [-0.15, -0.1) is 0 Å². The van der Waals surface area contributed by atoms with Crippen LogP contribution in [-0.4, -0.2) is 29.4 Å². The molecule has 1 saturated carbocycles. The Morgan fingerprint density at radius 1 is 1.26 bits per heavy atom. The largest absolute Gasteiger partial charge is 0.396 e. The van der Waals surface area contributed by atoms with Crippen LogP contribution in [0.4, 0.5) is 26.0 Å². The first-order valence-electron chi connectivity index (χ1n) is 8.15. The molecule has 1 aromatic carbocycles. The van der Waals surface area contributed by atoms with Crippen molar-refractivity contribution in [1.82, 2.24) is 4.98 Å². The van der Waals surface area contributed by atoms with Crippen molar-refractivity contribution in [3.8, 4) is 0 Å². The lowest BCUT2D eigenvalue weighted by atomic mass is 10.0. The minimum Gasteiger partial charge on any atom is -0.396 e. The number of pyridine rings is 1. The highest BCUT2D eigenvalue weighted by atomic mass is 19.1. The number of nitrogens with zero attached hydrogens (tertiary/aromatic N) is 2. The van der Waals surface area contributed by atoms with Gasteiger partial charge in [-0.25, -0.2) is 13.8 Å². The zero-order chi connectivity index (χ0) is 19.7. The van der Waals surface area contributed by atoms with Crippen LogP contribution in [0.25, 0.3) is 0 Å². The lowest BCUT2D eigenvalue weighted by Gasteiger charge is -2.11. The van der Waals surface area contributed by atoms with Gasteiger partial charge in [0.25, 0.3) is 5.91 Å². The van der Waals surface area contributed by atoms with Crippen LogP contribution in [0.15, 0.2) is 29.4 Å². The van der Waals surface area contributed by atoms with E-state index in [9.17, 15) is 18.4 Å². The summed E-state index contributed by atoms with van der Waals surface area (Å²) in [7, 11) is 1.46. The summed E-state index contributed by atoms with van der Waals surface area (Å²) in [6.07, 6.45) is 2.79. The Morgan fingerprint density at radius 2 is 1.96 bits per heavy atom. The van der Waals surface area contributed by atoms with Gasteiger partial charge in [-0.2, -0.15) is 0 Å². The van der Waals surface area contributed by atoms with Gasteiger partial charge in [-0.1, -0.05) is 0 Å². The van der Waals surface area contributed by atoms with E-state index < -0.39 is 23.1 Å². The molecule has 0 unspecified atom stereocenters. The molecule has 0 aliphatic heterocycles. The topological polar surface area (TPSA) is 123 Å². The van der Waals surface area contributed by atoms with E-state index in [2.05, 4.69) is 15.3 Å². The number of Topliss-reactive ketones (excluding diaryl/α,β-unsaturated/α-hetero) is 1. The first kappa shape index (κ1) is 18.4. The second-order valence-corrected chi connectivity index (χ2v) is 6.15. The summed E-state index contributed by atoms with van der Waals surface area (Å²) >= 11 is 0. The van der Waals surface area contributed by atoms with E-state index in [0.717, 1.165) is 25.0 Å². The fourth-order valence-electron chi connectivity index (χ4n) is 2.61. The highest BCUT2D eigenvalue weighted by molar-refractivity contribution is 6.48. The fourth-order valence-corrected chi connectivity index (χ4v) is 2.61. The molecule has 1 aromatic heterocycles. The van der Waals surface area contributed by atoms with E-state index in [4.69, 9.17) is 11.5 Å². The minimum atomic E-state index is -1.16. The van der Waals surface area contributed by atoms with Gasteiger partial charge in [0, 0.05) is 18.5 Å². The smallest absolute Gasteiger partial charge is 0.261 e. The lowest BCUT2D eigenvalue weighted by molar-refractivity contribution is -0.113. The molecular weight excluding hydrogens is 356 g/mol.